The van der Waals surface area contributed by atoms with Crippen molar-refractivity contribution in [3.05, 3.63) is 11.6 Å². The van der Waals surface area contributed by atoms with E-state index in [1.165, 1.54) is 0 Å². The maximum Gasteiger partial charge on any atom is 0.161 e. The Labute approximate surface area is 55.8 Å². The predicted molar refractivity (Wildman–Crippen MR) is 37.2 cm³/mol. The number of rotatable bonds is 1. The molecule has 0 spiro atoms. The molecule has 9 heavy (non-hydrogen) atoms. The minimum absolute atomic E-state index is 0.264. The highest BCUT2D eigenvalue weighted by molar-refractivity contribution is 5.99. The van der Waals surface area contributed by atoms with Crippen molar-refractivity contribution in [1.82, 2.24) is 0 Å². The van der Waals surface area contributed by atoms with E-state index < -0.39 is 0 Å². The van der Waals surface area contributed by atoms with Crippen LogP contribution in [0.4, 0.5) is 0 Å². The van der Waals surface area contributed by atoms with E-state index >= 15 is 0 Å². The van der Waals surface area contributed by atoms with Crippen molar-refractivity contribution in [2.45, 2.75) is 26.7 Å². The molecule has 1 atom stereocenters. The van der Waals surface area contributed by atoms with Gasteiger partial charge in [-0.3, -0.25) is 4.79 Å². The Morgan fingerprint density at radius 2 is 2.44 bits per heavy atom. The van der Waals surface area contributed by atoms with Crippen LogP contribution in [0.15, 0.2) is 11.6 Å². The summed E-state index contributed by atoms with van der Waals surface area (Å²) in [7, 11) is 0. The topological polar surface area (TPSA) is 17.1 Å². The van der Waals surface area contributed by atoms with Gasteiger partial charge >= 0.3 is 0 Å². The van der Waals surface area contributed by atoms with Gasteiger partial charge in [0.2, 0.25) is 0 Å². The zero-order valence-corrected chi connectivity index (χ0v) is 5.98. The molecule has 0 heterocycles. The zero-order chi connectivity index (χ0) is 6.85. The summed E-state index contributed by atoms with van der Waals surface area (Å²) < 4.78 is 0. The second-order valence-corrected chi connectivity index (χ2v) is 2.58. The highest BCUT2D eigenvalue weighted by Crippen LogP contribution is 2.21. The van der Waals surface area contributed by atoms with Gasteiger partial charge in [-0.05, 0) is 18.4 Å². The van der Waals surface area contributed by atoms with Crippen molar-refractivity contribution in [3.8, 4) is 0 Å². The maximum absolute atomic E-state index is 11.1. The van der Waals surface area contributed by atoms with Gasteiger partial charge in [-0.15, -0.1) is 0 Å². The van der Waals surface area contributed by atoms with Crippen LogP contribution in [0.3, 0.4) is 0 Å². The molecule has 0 aromatic rings. The lowest BCUT2D eigenvalue weighted by Crippen LogP contribution is -2.04. The molecule has 0 aliphatic heterocycles. The molecule has 0 aromatic heterocycles. The molecule has 0 saturated carbocycles. The number of carbonyl (C=O) groups excluding carboxylic acids is 1. The molecule has 0 radical (unpaired) electrons. The van der Waals surface area contributed by atoms with Gasteiger partial charge in [0.15, 0.2) is 5.78 Å². The van der Waals surface area contributed by atoms with Crippen molar-refractivity contribution >= 4 is 5.78 Å². The van der Waals surface area contributed by atoms with Crippen LogP contribution in [0, 0.1) is 5.92 Å². The first kappa shape index (κ1) is 6.53. The van der Waals surface area contributed by atoms with Gasteiger partial charge < -0.3 is 0 Å². The Morgan fingerprint density at radius 1 is 1.78 bits per heavy atom. The predicted octanol–water partition coefficient (Wildman–Crippen LogP) is 1.93. The molecule has 0 bridgehead atoms. The maximum atomic E-state index is 11.1. The van der Waals surface area contributed by atoms with Crippen LogP contribution < -0.4 is 0 Å². The third-order valence-corrected chi connectivity index (χ3v) is 1.86. The molecule has 0 saturated heterocycles. The largest absolute Gasteiger partial charge is 0.294 e. The van der Waals surface area contributed by atoms with Gasteiger partial charge in [-0.25, -0.2) is 0 Å². The first-order valence-corrected chi connectivity index (χ1v) is 3.49. The van der Waals surface area contributed by atoms with Crippen LogP contribution in [-0.2, 0) is 4.79 Å². The van der Waals surface area contributed by atoms with Crippen molar-refractivity contribution in [3.63, 3.8) is 0 Å². The van der Waals surface area contributed by atoms with Crippen molar-refractivity contribution in [2.75, 3.05) is 0 Å². The standard InChI is InChI=1S/C8H12O/c1-3-7-5-4-6(2)8(7)9/h5-6H,3-4H2,1-2H3. The normalized spacial score (nSPS) is 26.7. The fourth-order valence-corrected chi connectivity index (χ4v) is 1.16. The van der Waals surface area contributed by atoms with E-state index in [0.717, 1.165) is 18.4 Å². The number of Topliss-reactive ketones (excluding diaryl/α,β-unsaturated/α-hetero) is 1. The van der Waals surface area contributed by atoms with Gasteiger partial charge in [0.1, 0.15) is 0 Å². The first-order valence-electron chi connectivity index (χ1n) is 3.49. The highest BCUT2D eigenvalue weighted by Gasteiger charge is 2.20. The molecule has 0 fully saturated rings. The molecule has 1 nitrogen and oxygen atoms in total. The lowest BCUT2D eigenvalue weighted by molar-refractivity contribution is -0.117. The summed E-state index contributed by atoms with van der Waals surface area (Å²) in [4.78, 5) is 11.1. The van der Waals surface area contributed by atoms with Gasteiger partial charge in [-0.1, -0.05) is 19.9 Å². The molecule has 1 aliphatic rings. The Hall–Kier alpha value is -0.590. The minimum Gasteiger partial charge on any atom is -0.294 e. The number of hydrogen-bond donors (Lipinski definition) is 0. The number of hydrogen-bond acceptors (Lipinski definition) is 1. The molecule has 50 valence electrons. The third-order valence-electron chi connectivity index (χ3n) is 1.86. The minimum atomic E-state index is 0.264. The van der Waals surface area contributed by atoms with E-state index in [4.69, 9.17) is 0 Å². The summed E-state index contributed by atoms with van der Waals surface area (Å²) in [6.45, 7) is 4.02. The Kier molecular flexibility index (Phi) is 1.70. The van der Waals surface area contributed by atoms with Gasteiger partial charge in [0, 0.05) is 5.92 Å². The van der Waals surface area contributed by atoms with Gasteiger partial charge in [-0.2, -0.15) is 0 Å². The van der Waals surface area contributed by atoms with Crippen LogP contribution in [0.2, 0.25) is 0 Å². The fraction of sp³-hybridized carbons (Fsp3) is 0.625. The van der Waals surface area contributed by atoms with Crippen LogP contribution in [0.1, 0.15) is 26.7 Å². The molecule has 1 heteroatoms. The van der Waals surface area contributed by atoms with E-state index in [0.29, 0.717) is 5.78 Å². The van der Waals surface area contributed by atoms with Crippen LogP contribution in [-0.4, -0.2) is 5.78 Å². The monoisotopic (exact) mass is 124 g/mol. The second kappa shape index (κ2) is 2.34. The summed E-state index contributed by atoms with van der Waals surface area (Å²) >= 11 is 0. The van der Waals surface area contributed by atoms with E-state index in [2.05, 4.69) is 6.08 Å². The molecular formula is C8H12O. The summed E-state index contributed by atoms with van der Waals surface area (Å²) in [6.07, 6.45) is 3.93. The average Bonchev–Trinajstić information content (AvgIpc) is 2.15. The van der Waals surface area contributed by atoms with E-state index in [-0.39, 0.29) is 5.92 Å². The number of carbonyl (C=O) groups is 1. The van der Waals surface area contributed by atoms with E-state index in [1.807, 2.05) is 13.8 Å². The fourth-order valence-electron chi connectivity index (χ4n) is 1.16. The van der Waals surface area contributed by atoms with Gasteiger partial charge in [0.05, 0.1) is 0 Å². The Bertz CT molecular complexity index is 156. The molecule has 0 amide bonds. The Morgan fingerprint density at radius 3 is 2.67 bits per heavy atom. The molecule has 1 unspecified atom stereocenters. The van der Waals surface area contributed by atoms with Gasteiger partial charge in [0.25, 0.3) is 0 Å². The molecular weight excluding hydrogens is 112 g/mol. The van der Waals surface area contributed by atoms with Crippen molar-refractivity contribution < 1.29 is 4.79 Å². The van der Waals surface area contributed by atoms with Crippen molar-refractivity contribution in [1.29, 1.82) is 0 Å². The number of ketones is 1. The summed E-state index contributed by atoms with van der Waals surface area (Å²) in [5.41, 5.74) is 1.03. The first-order chi connectivity index (χ1) is 4.25. The summed E-state index contributed by atoms with van der Waals surface area (Å²) in [5, 5.41) is 0. The number of allylic oxidation sites excluding steroid dienone is 2. The molecule has 0 aromatic carbocycles. The lowest BCUT2D eigenvalue weighted by Gasteiger charge is -1.97. The van der Waals surface area contributed by atoms with E-state index in [1.54, 1.807) is 0 Å². The zero-order valence-electron chi connectivity index (χ0n) is 5.98. The smallest absolute Gasteiger partial charge is 0.161 e. The lowest BCUT2D eigenvalue weighted by atomic mass is 10.1. The molecule has 1 rings (SSSR count). The summed E-state index contributed by atoms with van der Waals surface area (Å²) in [6, 6.07) is 0. The second-order valence-electron chi connectivity index (χ2n) is 2.58. The molecule has 1 aliphatic carbocycles. The third kappa shape index (κ3) is 1.04. The average molecular weight is 124 g/mol. The van der Waals surface area contributed by atoms with Crippen LogP contribution in [0.25, 0.3) is 0 Å². The van der Waals surface area contributed by atoms with Crippen molar-refractivity contribution in [2.24, 2.45) is 5.92 Å². The SMILES string of the molecule is CCC1=CCC(C)C1=O. The molecule has 0 N–H and O–H groups in total. The summed E-state index contributed by atoms with van der Waals surface area (Å²) in [5.74, 6) is 0.623. The van der Waals surface area contributed by atoms with Crippen LogP contribution >= 0.6 is 0 Å². The quantitative estimate of drug-likeness (QED) is 0.522. The Balaban J connectivity index is 2.67. The highest BCUT2D eigenvalue weighted by atomic mass is 16.1. The van der Waals surface area contributed by atoms with E-state index in [9.17, 15) is 4.79 Å². The van der Waals surface area contributed by atoms with Crippen LogP contribution in [0.5, 0.6) is 0 Å².